The zero-order valence-corrected chi connectivity index (χ0v) is 9.99. The molecule has 5 nitrogen and oxygen atoms in total. The summed E-state index contributed by atoms with van der Waals surface area (Å²) in [5, 5.41) is 0. The van der Waals surface area contributed by atoms with E-state index in [1.807, 2.05) is 0 Å². The van der Waals surface area contributed by atoms with Crippen LogP contribution in [0.25, 0.3) is 0 Å². The van der Waals surface area contributed by atoms with Gasteiger partial charge in [0.1, 0.15) is 11.6 Å². The molecule has 0 radical (unpaired) electrons. The molecule has 0 aliphatic heterocycles. The van der Waals surface area contributed by atoms with E-state index >= 15 is 0 Å². The number of aromatic nitrogens is 1. The third-order valence-electron chi connectivity index (χ3n) is 2.16. The van der Waals surface area contributed by atoms with E-state index in [4.69, 9.17) is 5.73 Å². The quantitative estimate of drug-likeness (QED) is 0.827. The van der Waals surface area contributed by atoms with Gasteiger partial charge in [-0.05, 0) is 36.4 Å². The predicted molar refractivity (Wildman–Crippen MR) is 65.9 cm³/mol. The molecule has 0 aliphatic carbocycles. The number of rotatable bonds is 3. The van der Waals surface area contributed by atoms with E-state index in [0.29, 0.717) is 5.69 Å². The summed E-state index contributed by atoms with van der Waals surface area (Å²) < 4.78 is 38.7. The lowest BCUT2D eigenvalue weighted by atomic mass is 10.3. The number of nitrogens with two attached hydrogens (primary N) is 1. The summed E-state index contributed by atoms with van der Waals surface area (Å²) in [6.07, 6.45) is 0.931. The molecule has 2 aromatic rings. The fourth-order valence-electron chi connectivity index (χ4n) is 1.28. The first kappa shape index (κ1) is 12.3. The molecule has 18 heavy (non-hydrogen) atoms. The number of hydrogen-bond acceptors (Lipinski definition) is 4. The van der Waals surface area contributed by atoms with Crippen LogP contribution in [0.4, 0.5) is 15.9 Å². The van der Waals surface area contributed by atoms with Crippen LogP contribution in [0.3, 0.4) is 0 Å². The highest BCUT2D eigenvalue weighted by molar-refractivity contribution is 7.92. The Balaban J connectivity index is 2.27. The Morgan fingerprint density at radius 1 is 1.11 bits per heavy atom. The number of pyridine rings is 1. The Morgan fingerprint density at radius 2 is 1.78 bits per heavy atom. The molecule has 0 spiro atoms. The van der Waals surface area contributed by atoms with Crippen LogP contribution in [-0.4, -0.2) is 13.4 Å². The lowest BCUT2D eigenvalue weighted by Crippen LogP contribution is -2.13. The molecule has 0 saturated carbocycles. The second-order valence-corrected chi connectivity index (χ2v) is 5.22. The predicted octanol–water partition coefficient (Wildman–Crippen LogP) is 1.60. The van der Waals surface area contributed by atoms with Crippen LogP contribution in [-0.2, 0) is 10.0 Å². The van der Waals surface area contributed by atoms with E-state index in [1.54, 1.807) is 0 Å². The van der Waals surface area contributed by atoms with Crippen molar-refractivity contribution in [2.45, 2.75) is 4.90 Å². The van der Waals surface area contributed by atoms with E-state index in [2.05, 4.69) is 9.71 Å². The fraction of sp³-hybridized carbons (Fsp3) is 0. The molecule has 94 valence electrons. The van der Waals surface area contributed by atoms with Gasteiger partial charge in [-0.25, -0.2) is 17.8 Å². The Bertz CT molecular complexity index is 639. The number of hydrogen-bond donors (Lipinski definition) is 2. The van der Waals surface area contributed by atoms with E-state index in [9.17, 15) is 12.8 Å². The maximum Gasteiger partial charge on any atom is 0.263 e. The molecule has 0 saturated heterocycles. The minimum Gasteiger partial charge on any atom is -0.399 e. The smallest absolute Gasteiger partial charge is 0.263 e. The fourth-order valence-corrected chi connectivity index (χ4v) is 2.29. The summed E-state index contributed by atoms with van der Waals surface area (Å²) in [4.78, 5) is 3.67. The molecule has 2 rings (SSSR count). The average Bonchev–Trinajstić information content (AvgIpc) is 2.32. The minimum atomic E-state index is -3.73. The minimum absolute atomic E-state index is 0.0493. The first-order valence-corrected chi connectivity index (χ1v) is 6.45. The van der Waals surface area contributed by atoms with Gasteiger partial charge in [0.15, 0.2) is 0 Å². The number of nitrogens with one attached hydrogen (secondary N) is 1. The van der Waals surface area contributed by atoms with Crippen LogP contribution in [0, 0.1) is 5.82 Å². The SMILES string of the molecule is Nc1ccc(S(=O)(=O)Nc2ccc(F)cn2)cc1. The van der Waals surface area contributed by atoms with Gasteiger partial charge in [0.25, 0.3) is 10.0 Å². The molecule has 0 aliphatic rings. The van der Waals surface area contributed by atoms with Crippen LogP contribution in [0.5, 0.6) is 0 Å². The van der Waals surface area contributed by atoms with Crippen molar-refractivity contribution in [1.29, 1.82) is 0 Å². The van der Waals surface area contributed by atoms with Gasteiger partial charge in [0.05, 0.1) is 11.1 Å². The number of benzene rings is 1. The largest absolute Gasteiger partial charge is 0.399 e. The molecule has 0 fully saturated rings. The first-order chi connectivity index (χ1) is 8.47. The van der Waals surface area contributed by atoms with Gasteiger partial charge in [-0.3, -0.25) is 4.72 Å². The summed E-state index contributed by atoms with van der Waals surface area (Å²) >= 11 is 0. The number of sulfonamides is 1. The number of anilines is 2. The first-order valence-electron chi connectivity index (χ1n) is 4.97. The van der Waals surface area contributed by atoms with Crippen molar-refractivity contribution in [3.8, 4) is 0 Å². The Hall–Kier alpha value is -2.15. The molecule has 1 aromatic carbocycles. The van der Waals surface area contributed by atoms with Gasteiger partial charge < -0.3 is 5.73 Å². The third-order valence-corrected chi connectivity index (χ3v) is 3.53. The highest BCUT2D eigenvalue weighted by atomic mass is 32.2. The maximum atomic E-state index is 12.6. The highest BCUT2D eigenvalue weighted by Gasteiger charge is 2.14. The molecular weight excluding hydrogens is 257 g/mol. The number of nitrogens with zero attached hydrogens (tertiary/aromatic N) is 1. The summed E-state index contributed by atoms with van der Waals surface area (Å²) in [6, 6.07) is 8.07. The molecule has 0 bridgehead atoms. The van der Waals surface area contributed by atoms with Crippen LogP contribution in [0.15, 0.2) is 47.5 Å². The molecular formula is C11H10FN3O2S. The topological polar surface area (TPSA) is 85.1 Å². The van der Waals surface area contributed by atoms with E-state index in [-0.39, 0.29) is 10.7 Å². The lowest BCUT2D eigenvalue weighted by molar-refractivity contribution is 0.600. The monoisotopic (exact) mass is 267 g/mol. The van der Waals surface area contributed by atoms with Crippen LogP contribution < -0.4 is 10.5 Å². The molecule has 0 amide bonds. The van der Waals surface area contributed by atoms with Crippen LogP contribution in [0.2, 0.25) is 0 Å². The average molecular weight is 267 g/mol. The molecule has 1 heterocycles. The summed E-state index contributed by atoms with van der Waals surface area (Å²) in [5.74, 6) is -0.487. The van der Waals surface area contributed by atoms with Crippen molar-refractivity contribution < 1.29 is 12.8 Å². The zero-order chi connectivity index (χ0) is 13.2. The van der Waals surface area contributed by atoms with Crippen LogP contribution in [0.1, 0.15) is 0 Å². The number of nitrogen functional groups attached to an aromatic ring is 1. The highest BCUT2D eigenvalue weighted by Crippen LogP contribution is 2.15. The normalized spacial score (nSPS) is 11.2. The van der Waals surface area contributed by atoms with Crippen molar-refractivity contribution in [3.05, 3.63) is 48.4 Å². The maximum absolute atomic E-state index is 12.6. The molecule has 0 atom stereocenters. The summed E-state index contributed by atoms with van der Waals surface area (Å²) in [7, 11) is -3.73. The molecule has 1 aromatic heterocycles. The second-order valence-electron chi connectivity index (χ2n) is 3.54. The van der Waals surface area contributed by atoms with Crippen LogP contribution >= 0.6 is 0 Å². The summed E-state index contributed by atoms with van der Waals surface area (Å²) in [6.45, 7) is 0. The van der Waals surface area contributed by atoms with Gasteiger partial charge in [-0.2, -0.15) is 0 Å². The standard InChI is InChI=1S/C11H10FN3O2S/c12-8-1-6-11(14-7-8)15-18(16,17)10-4-2-9(13)3-5-10/h1-7H,13H2,(H,14,15). The third kappa shape index (κ3) is 2.75. The lowest BCUT2D eigenvalue weighted by Gasteiger charge is -2.07. The van der Waals surface area contributed by atoms with Gasteiger partial charge in [0, 0.05) is 5.69 Å². The van der Waals surface area contributed by atoms with Crippen molar-refractivity contribution >= 4 is 21.5 Å². The van der Waals surface area contributed by atoms with Crippen molar-refractivity contribution in [1.82, 2.24) is 4.98 Å². The molecule has 0 unspecified atom stereocenters. The Kier molecular flexibility index (Phi) is 3.15. The van der Waals surface area contributed by atoms with E-state index < -0.39 is 15.8 Å². The second kappa shape index (κ2) is 4.61. The van der Waals surface area contributed by atoms with Gasteiger partial charge in [-0.15, -0.1) is 0 Å². The van der Waals surface area contributed by atoms with E-state index in [1.165, 1.54) is 30.3 Å². The van der Waals surface area contributed by atoms with Gasteiger partial charge in [-0.1, -0.05) is 0 Å². The zero-order valence-electron chi connectivity index (χ0n) is 9.17. The van der Waals surface area contributed by atoms with Gasteiger partial charge in [0.2, 0.25) is 0 Å². The summed E-state index contributed by atoms with van der Waals surface area (Å²) in [5.41, 5.74) is 5.94. The molecule has 3 N–H and O–H groups in total. The van der Waals surface area contributed by atoms with Crippen molar-refractivity contribution in [2.24, 2.45) is 0 Å². The van der Waals surface area contributed by atoms with E-state index in [0.717, 1.165) is 12.3 Å². The van der Waals surface area contributed by atoms with Crippen molar-refractivity contribution in [2.75, 3.05) is 10.5 Å². The Labute approximate surface area is 104 Å². The van der Waals surface area contributed by atoms with Gasteiger partial charge >= 0.3 is 0 Å². The van der Waals surface area contributed by atoms with Crippen molar-refractivity contribution in [3.63, 3.8) is 0 Å². The molecule has 7 heteroatoms. The Morgan fingerprint density at radius 3 is 2.33 bits per heavy atom. The number of halogens is 1.